The molecule has 1 aliphatic heterocycles. The van der Waals surface area contributed by atoms with Gasteiger partial charge in [-0.25, -0.2) is 9.97 Å². The van der Waals surface area contributed by atoms with E-state index in [-0.39, 0.29) is 0 Å². The first-order chi connectivity index (χ1) is 8.26. The molecule has 1 aliphatic rings. The van der Waals surface area contributed by atoms with Crippen molar-refractivity contribution in [1.82, 2.24) is 9.97 Å². The molecule has 2 heterocycles. The third-order valence-corrected chi connectivity index (χ3v) is 3.69. The van der Waals surface area contributed by atoms with Crippen LogP contribution >= 0.6 is 11.8 Å². The Kier molecular flexibility index (Phi) is 3.85. The van der Waals surface area contributed by atoms with Gasteiger partial charge in [0.1, 0.15) is 11.6 Å². The summed E-state index contributed by atoms with van der Waals surface area (Å²) >= 11 is 1.51. The van der Waals surface area contributed by atoms with Crippen LogP contribution in [-0.2, 0) is 0 Å². The number of nitrogens with zero attached hydrogens (tertiary/aromatic N) is 4. The minimum Gasteiger partial charge on any atom is -0.353 e. The van der Waals surface area contributed by atoms with Crippen molar-refractivity contribution in [2.45, 2.75) is 37.4 Å². The fourth-order valence-electron chi connectivity index (χ4n) is 2.17. The molecular formula is C12H16N4S. The molecule has 17 heavy (non-hydrogen) atoms. The largest absolute Gasteiger partial charge is 0.353 e. The van der Waals surface area contributed by atoms with Gasteiger partial charge in [-0.1, -0.05) is 11.8 Å². The maximum absolute atomic E-state index is 9.14. The van der Waals surface area contributed by atoms with Crippen LogP contribution in [0.3, 0.4) is 0 Å². The smallest absolute Gasteiger partial charge is 0.189 e. The summed E-state index contributed by atoms with van der Waals surface area (Å²) in [6.07, 6.45) is 7.19. The van der Waals surface area contributed by atoms with Crippen molar-refractivity contribution in [3.63, 3.8) is 0 Å². The molecule has 1 atom stereocenters. The summed E-state index contributed by atoms with van der Waals surface area (Å²) < 4.78 is 0. The molecule has 1 aromatic heterocycles. The molecule has 5 heteroatoms. The number of anilines is 1. The van der Waals surface area contributed by atoms with Crippen LogP contribution in [0.15, 0.2) is 11.4 Å². The minimum absolute atomic E-state index is 0.459. The van der Waals surface area contributed by atoms with Crippen LogP contribution in [0.5, 0.6) is 0 Å². The second-order valence-corrected chi connectivity index (χ2v) is 5.02. The van der Waals surface area contributed by atoms with Crippen molar-refractivity contribution in [3.8, 4) is 6.07 Å². The molecule has 0 amide bonds. The first-order valence-electron chi connectivity index (χ1n) is 5.84. The third kappa shape index (κ3) is 2.52. The van der Waals surface area contributed by atoms with Crippen LogP contribution in [0, 0.1) is 11.3 Å². The first kappa shape index (κ1) is 12.2. The van der Waals surface area contributed by atoms with Crippen LogP contribution in [0.25, 0.3) is 0 Å². The van der Waals surface area contributed by atoms with E-state index < -0.39 is 0 Å². The SMILES string of the molecule is CSc1ncc(C#N)c(N2CCCCC2C)n1. The first-order valence-corrected chi connectivity index (χ1v) is 7.06. The molecule has 0 aliphatic carbocycles. The molecule has 1 fully saturated rings. The molecule has 0 radical (unpaired) electrons. The number of piperidine rings is 1. The normalized spacial score (nSPS) is 20.1. The van der Waals surface area contributed by atoms with Crippen LogP contribution in [0.2, 0.25) is 0 Å². The Bertz CT molecular complexity index is 441. The molecule has 0 N–H and O–H groups in total. The topological polar surface area (TPSA) is 52.8 Å². The molecule has 0 bridgehead atoms. The van der Waals surface area contributed by atoms with Crippen molar-refractivity contribution < 1.29 is 0 Å². The van der Waals surface area contributed by atoms with Crippen molar-refractivity contribution in [2.75, 3.05) is 17.7 Å². The predicted octanol–water partition coefficient (Wildman–Crippen LogP) is 2.45. The zero-order valence-electron chi connectivity index (χ0n) is 10.2. The molecule has 1 aromatic rings. The van der Waals surface area contributed by atoms with Gasteiger partial charge in [-0.2, -0.15) is 5.26 Å². The molecule has 0 saturated carbocycles. The predicted molar refractivity (Wildman–Crippen MR) is 69.2 cm³/mol. The molecule has 4 nitrogen and oxygen atoms in total. The number of hydrogen-bond acceptors (Lipinski definition) is 5. The van der Waals surface area contributed by atoms with Crippen molar-refractivity contribution in [2.24, 2.45) is 0 Å². The Morgan fingerprint density at radius 1 is 1.53 bits per heavy atom. The lowest BCUT2D eigenvalue weighted by Crippen LogP contribution is -2.38. The van der Waals surface area contributed by atoms with Gasteiger partial charge in [-0.3, -0.25) is 0 Å². The van der Waals surface area contributed by atoms with Crippen LogP contribution in [-0.4, -0.2) is 28.8 Å². The number of rotatable bonds is 2. The zero-order chi connectivity index (χ0) is 12.3. The average molecular weight is 248 g/mol. The van der Waals surface area contributed by atoms with E-state index in [0.717, 1.165) is 17.5 Å². The highest BCUT2D eigenvalue weighted by Gasteiger charge is 2.22. The van der Waals surface area contributed by atoms with Gasteiger partial charge >= 0.3 is 0 Å². The molecule has 90 valence electrons. The van der Waals surface area contributed by atoms with E-state index >= 15 is 0 Å². The van der Waals surface area contributed by atoms with Gasteiger partial charge in [0.15, 0.2) is 11.0 Å². The average Bonchev–Trinajstić information content (AvgIpc) is 2.38. The molecule has 0 aromatic carbocycles. The monoisotopic (exact) mass is 248 g/mol. The van der Waals surface area contributed by atoms with Gasteiger partial charge in [0.05, 0.1) is 6.20 Å². The Morgan fingerprint density at radius 3 is 3.00 bits per heavy atom. The number of thioether (sulfide) groups is 1. The Labute approximate surface area is 106 Å². The zero-order valence-corrected chi connectivity index (χ0v) is 11.0. The van der Waals surface area contributed by atoms with Crippen LogP contribution < -0.4 is 4.90 Å². The lowest BCUT2D eigenvalue weighted by atomic mass is 10.0. The maximum Gasteiger partial charge on any atom is 0.189 e. The number of nitriles is 1. The van der Waals surface area contributed by atoms with Gasteiger partial charge in [0.2, 0.25) is 0 Å². The maximum atomic E-state index is 9.14. The summed E-state index contributed by atoms with van der Waals surface area (Å²) in [7, 11) is 0. The Hall–Kier alpha value is -1.28. The van der Waals surface area contributed by atoms with Gasteiger partial charge in [0, 0.05) is 12.6 Å². The summed E-state index contributed by atoms with van der Waals surface area (Å²) in [5, 5.41) is 9.87. The number of hydrogen-bond donors (Lipinski definition) is 0. The quantitative estimate of drug-likeness (QED) is 0.594. The summed E-state index contributed by atoms with van der Waals surface area (Å²) in [5.74, 6) is 0.805. The summed E-state index contributed by atoms with van der Waals surface area (Å²) in [5.41, 5.74) is 0.580. The lowest BCUT2D eigenvalue weighted by molar-refractivity contribution is 0.479. The summed E-state index contributed by atoms with van der Waals surface area (Å²) in [4.78, 5) is 10.9. The summed E-state index contributed by atoms with van der Waals surface area (Å²) in [6.45, 7) is 3.18. The highest BCUT2D eigenvalue weighted by atomic mass is 32.2. The van der Waals surface area contributed by atoms with Gasteiger partial charge in [-0.05, 0) is 32.4 Å². The Morgan fingerprint density at radius 2 is 2.35 bits per heavy atom. The van der Waals surface area contributed by atoms with E-state index in [9.17, 15) is 0 Å². The Balaban J connectivity index is 2.38. The molecule has 1 unspecified atom stereocenters. The molecule has 2 rings (SSSR count). The van der Waals surface area contributed by atoms with E-state index in [1.54, 1.807) is 6.20 Å². The van der Waals surface area contributed by atoms with Crippen molar-refractivity contribution in [3.05, 3.63) is 11.8 Å². The highest BCUT2D eigenvalue weighted by molar-refractivity contribution is 7.98. The standard InChI is InChI=1S/C12H16N4S/c1-9-5-3-4-6-16(9)11-10(7-13)8-14-12(15-11)17-2/h8-9H,3-6H2,1-2H3. The van der Waals surface area contributed by atoms with E-state index in [1.165, 1.54) is 31.0 Å². The fourth-order valence-corrected chi connectivity index (χ4v) is 2.50. The van der Waals surface area contributed by atoms with E-state index in [2.05, 4.69) is 27.9 Å². The lowest BCUT2D eigenvalue weighted by Gasteiger charge is -2.34. The van der Waals surface area contributed by atoms with E-state index in [1.807, 2.05) is 6.26 Å². The highest BCUT2D eigenvalue weighted by Crippen LogP contribution is 2.26. The molecular weight excluding hydrogens is 232 g/mol. The van der Waals surface area contributed by atoms with E-state index in [4.69, 9.17) is 5.26 Å². The van der Waals surface area contributed by atoms with Crippen LogP contribution in [0.1, 0.15) is 31.7 Å². The van der Waals surface area contributed by atoms with E-state index in [0.29, 0.717) is 11.6 Å². The van der Waals surface area contributed by atoms with Gasteiger partial charge in [-0.15, -0.1) is 0 Å². The second-order valence-electron chi connectivity index (χ2n) is 4.24. The third-order valence-electron chi connectivity index (χ3n) is 3.12. The van der Waals surface area contributed by atoms with Crippen LogP contribution in [0.4, 0.5) is 5.82 Å². The molecule has 1 saturated heterocycles. The summed E-state index contributed by atoms with van der Waals surface area (Å²) in [6, 6.07) is 2.65. The second kappa shape index (κ2) is 5.37. The fraction of sp³-hybridized carbons (Fsp3) is 0.583. The van der Waals surface area contributed by atoms with Crippen molar-refractivity contribution in [1.29, 1.82) is 5.26 Å². The molecule has 0 spiro atoms. The van der Waals surface area contributed by atoms with Gasteiger partial charge in [0.25, 0.3) is 0 Å². The van der Waals surface area contributed by atoms with Gasteiger partial charge < -0.3 is 4.90 Å². The number of aromatic nitrogens is 2. The van der Waals surface area contributed by atoms with Crippen molar-refractivity contribution >= 4 is 17.6 Å². The minimum atomic E-state index is 0.459.